The Balaban J connectivity index is 1.62. The monoisotopic (exact) mass is 393 g/mol. The van der Waals surface area contributed by atoms with E-state index in [-0.39, 0.29) is 0 Å². The van der Waals surface area contributed by atoms with Crippen molar-refractivity contribution in [1.29, 1.82) is 0 Å². The van der Waals surface area contributed by atoms with Crippen molar-refractivity contribution in [3.8, 4) is 5.75 Å². The minimum atomic E-state index is -0.393. The number of hydrogen-bond acceptors (Lipinski definition) is 8. The third-order valence-corrected chi connectivity index (χ3v) is 4.10. The zero-order valence-corrected chi connectivity index (χ0v) is 16.4. The normalized spacial score (nSPS) is 10.3. The molecule has 0 unspecified atom stereocenters. The number of nitrogens with one attached hydrogen (secondary N) is 2. The largest absolute Gasteiger partial charge is 0.497 e. The number of benzene rings is 2. The number of nitrogens with zero attached hydrogens (tertiary/aromatic N) is 3. The van der Waals surface area contributed by atoms with Gasteiger partial charge in [0, 0.05) is 6.54 Å². The molecule has 8 nitrogen and oxygen atoms in total. The Hall–Kier alpha value is -3.68. The van der Waals surface area contributed by atoms with Crippen molar-refractivity contribution in [2.75, 3.05) is 30.9 Å². The Kier molecular flexibility index (Phi) is 6.94. The van der Waals surface area contributed by atoms with Crippen molar-refractivity contribution < 1.29 is 14.3 Å². The Morgan fingerprint density at radius 1 is 1.10 bits per heavy atom. The van der Waals surface area contributed by atoms with E-state index in [0.717, 1.165) is 12.2 Å². The Bertz CT molecular complexity index is 947. The highest BCUT2D eigenvalue weighted by Gasteiger charge is 2.12. The Morgan fingerprint density at radius 3 is 2.66 bits per heavy atom. The Morgan fingerprint density at radius 2 is 1.90 bits per heavy atom. The van der Waals surface area contributed by atoms with Gasteiger partial charge in [0.2, 0.25) is 5.95 Å². The molecule has 0 spiro atoms. The van der Waals surface area contributed by atoms with Crippen LogP contribution in [0.3, 0.4) is 0 Å². The number of anilines is 3. The topological polar surface area (TPSA) is 98.3 Å². The smallest absolute Gasteiger partial charge is 0.340 e. The number of rotatable bonds is 9. The highest BCUT2D eigenvalue weighted by Crippen LogP contribution is 2.20. The van der Waals surface area contributed by atoms with E-state index in [1.165, 1.54) is 11.8 Å². The van der Waals surface area contributed by atoms with E-state index in [4.69, 9.17) is 9.47 Å². The van der Waals surface area contributed by atoms with Crippen LogP contribution in [0.1, 0.15) is 22.8 Å². The predicted octanol–water partition coefficient (Wildman–Crippen LogP) is 3.46. The number of carbonyl (C=O) groups is 1. The van der Waals surface area contributed by atoms with Crippen molar-refractivity contribution >= 4 is 23.4 Å². The van der Waals surface area contributed by atoms with Crippen molar-refractivity contribution in [3.63, 3.8) is 0 Å². The summed E-state index contributed by atoms with van der Waals surface area (Å²) >= 11 is 0. The molecule has 0 saturated carbocycles. The van der Waals surface area contributed by atoms with E-state index >= 15 is 0 Å². The minimum absolute atomic E-state index is 0.310. The van der Waals surface area contributed by atoms with Gasteiger partial charge in [0.25, 0.3) is 0 Å². The molecular formula is C21H23N5O3. The fraction of sp³-hybridized carbons (Fsp3) is 0.238. The fourth-order valence-electron chi connectivity index (χ4n) is 2.67. The molecule has 8 heteroatoms. The standard InChI is InChI=1S/C21H23N5O3/c1-3-29-20(27)17-6-4-5-7-18(17)24-19-14-23-26-21(25-19)22-13-12-15-8-10-16(28-2)11-9-15/h4-11,14H,3,12-13H2,1-2H3,(H2,22,24,25,26). The molecule has 0 atom stereocenters. The second-order valence-corrected chi connectivity index (χ2v) is 6.08. The van der Waals surface area contributed by atoms with Gasteiger partial charge >= 0.3 is 5.97 Å². The predicted molar refractivity (Wildman–Crippen MR) is 111 cm³/mol. The average Bonchev–Trinajstić information content (AvgIpc) is 2.75. The van der Waals surface area contributed by atoms with Crippen molar-refractivity contribution in [2.45, 2.75) is 13.3 Å². The molecule has 3 rings (SSSR count). The lowest BCUT2D eigenvalue weighted by Crippen LogP contribution is -2.11. The van der Waals surface area contributed by atoms with Crippen LogP contribution >= 0.6 is 0 Å². The van der Waals surface area contributed by atoms with Gasteiger partial charge in [0.15, 0.2) is 5.82 Å². The van der Waals surface area contributed by atoms with Crippen LogP contribution in [0.5, 0.6) is 5.75 Å². The summed E-state index contributed by atoms with van der Waals surface area (Å²) in [7, 11) is 1.65. The maximum atomic E-state index is 12.1. The molecule has 0 bridgehead atoms. The van der Waals surface area contributed by atoms with Gasteiger partial charge in [0.1, 0.15) is 5.75 Å². The van der Waals surface area contributed by atoms with E-state index in [0.29, 0.717) is 36.2 Å². The van der Waals surface area contributed by atoms with Crippen LogP contribution in [0.25, 0.3) is 0 Å². The average molecular weight is 393 g/mol. The zero-order valence-electron chi connectivity index (χ0n) is 16.4. The molecule has 1 aromatic heterocycles. The first kappa shape index (κ1) is 20.1. The lowest BCUT2D eigenvalue weighted by atomic mass is 10.1. The highest BCUT2D eigenvalue weighted by molar-refractivity contribution is 5.96. The summed E-state index contributed by atoms with van der Waals surface area (Å²) in [4.78, 5) is 16.5. The van der Waals surface area contributed by atoms with Crippen molar-refractivity contribution in [3.05, 3.63) is 65.9 Å². The summed E-state index contributed by atoms with van der Waals surface area (Å²) in [5, 5.41) is 14.2. The first-order chi connectivity index (χ1) is 14.2. The molecule has 29 heavy (non-hydrogen) atoms. The van der Waals surface area contributed by atoms with Crippen LogP contribution in [0.15, 0.2) is 54.7 Å². The van der Waals surface area contributed by atoms with Gasteiger partial charge < -0.3 is 20.1 Å². The maximum Gasteiger partial charge on any atom is 0.340 e. The molecule has 0 aliphatic heterocycles. The number of esters is 1. The van der Waals surface area contributed by atoms with Crippen LogP contribution in [0.4, 0.5) is 17.5 Å². The summed E-state index contributed by atoms with van der Waals surface area (Å²) in [5.74, 6) is 1.31. The summed E-state index contributed by atoms with van der Waals surface area (Å²) in [6, 6.07) is 15.0. The van der Waals surface area contributed by atoms with E-state index in [1.807, 2.05) is 30.3 Å². The molecule has 0 aliphatic rings. The SMILES string of the molecule is CCOC(=O)c1ccccc1Nc1cnnc(NCCc2ccc(OC)cc2)n1. The number of ether oxygens (including phenoxy) is 2. The summed E-state index contributed by atoms with van der Waals surface area (Å²) in [5.41, 5.74) is 2.20. The first-order valence-electron chi connectivity index (χ1n) is 9.29. The van der Waals surface area contributed by atoms with Crippen LogP contribution in [-0.4, -0.2) is 41.4 Å². The van der Waals surface area contributed by atoms with E-state index in [9.17, 15) is 4.79 Å². The van der Waals surface area contributed by atoms with Crippen LogP contribution < -0.4 is 15.4 Å². The third-order valence-electron chi connectivity index (χ3n) is 4.10. The van der Waals surface area contributed by atoms with Gasteiger partial charge in [-0.25, -0.2) is 4.79 Å². The molecule has 2 aromatic carbocycles. The minimum Gasteiger partial charge on any atom is -0.497 e. The van der Waals surface area contributed by atoms with Gasteiger partial charge in [-0.05, 0) is 43.2 Å². The maximum absolute atomic E-state index is 12.1. The van der Waals surface area contributed by atoms with Crippen LogP contribution in [0.2, 0.25) is 0 Å². The number of methoxy groups -OCH3 is 1. The first-order valence-corrected chi connectivity index (χ1v) is 9.29. The lowest BCUT2D eigenvalue weighted by Gasteiger charge is -2.11. The van der Waals surface area contributed by atoms with Gasteiger partial charge in [-0.15, -0.1) is 5.10 Å². The molecular weight excluding hydrogens is 370 g/mol. The number of para-hydroxylation sites is 1. The van der Waals surface area contributed by atoms with Crippen molar-refractivity contribution in [2.24, 2.45) is 0 Å². The molecule has 0 aliphatic carbocycles. The van der Waals surface area contributed by atoms with E-state index in [1.54, 1.807) is 32.2 Å². The van der Waals surface area contributed by atoms with Crippen LogP contribution in [0, 0.1) is 0 Å². The fourth-order valence-corrected chi connectivity index (χ4v) is 2.67. The number of hydrogen-bond donors (Lipinski definition) is 2. The molecule has 3 aromatic rings. The molecule has 2 N–H and O–H groups in total. The lowest BCUT2D eigenvalue weighted by molar-refractivity contribution is 0.0527. The number of aromatic nitrogens is 3. The van der Waals surface area contributed by atoms with Gasteiger partial charge in [0.05, 0.1) is 31.2 Å². The molecule has 0 radical (unpaired) electrons. The molecule has 0 amide bonds. The van der Waals surface area contributed by atoms with Gasteiger partial charge in [-0.3, -0.25) is 0 Å². The van der Waals surface area contributed by atoms with Gasteiger partial charge in [-0.2, -0.15) is 10.1 Å². The summed E-state index contributed by atoms with van der Waals surface area (Å²) in [6.45, 7) is 2.73. The van der Waals surface area contributed by atoms with Gasteiger partial charge in [-0.1, -0.05) is 24.3 Å². The molecule has 0 fully saturated rings. The Labute approximate surface area is 169 Å². The van der Waals surface area contributed by atoms with E-state index in [2.05, 4.69) is 25.8 Å². The van der Waals surface area contributed by atoms with E-state index < -0.39 is 5.97 Å². The van der Waals surface area contributed by atoms with Crippen molar-refractivity contribution in [1.82, 2.24) is 15.2 Å². The summed E-state index contributed by atoms with van der Waals surface area (Å²) < 4.78 is 10.3. The molecule has 1 heterocycles. The zero-order chi connectivity index (χ0) is 20.5. The quantitative estimate of drug-likeness (QED) is 0.534. The number of carbonyl (C=O) groups excluding carboxylic acids is 1. The second kappa shape index (κ2) is 10.0. The molecule has 150 valence electrons. The second-order valence-electron chi connectivity index (χ2n) is 6.08. The third kappa shape index (κ3) is 5.65. The molecule has 0 saturated heterocycles. The highest BCUT2D eigenvalue weighted by atomic mass is 16.5. The summed E-state index contributed by atoms with van der Waals surface area (Å²) in [6.07, 6.45) is 2.30. The van der Waals surface area contributed by atoms with Crippen LogP contribution in [-0.2, 0) is 11.2 Å².